The van der Waals surface area contributed by atoms with Crippen LogP contribution in [0.3, 0.4) is 0 Å². The second-order valence-electron chi connectivity index (χ2n) is 6.93. The van der Waals surface area contributed by atoms with E-state index >= 15 is 0 Å². The largest absolute Gasteiger partial charge is 0.360 e. The lowest BCUT2D eigenvalue weighted by atomic mass is 9.86. The van der Waals surface area contributed by atoms with E-state index in [-0.39, 0.29) is 0 Å². The van der Waals surface area contributed by atoms with Gasteiger partial charge in [0.05, 0.1) is 12.2 Å². The number of nitrogens with zero attached hydrogens (tertiary/aromatic N) is 2. The first-order valence-electron chi connectivity index (χ1n) is 8.03. The Hall–Kier alpha value is -0.870. The highest BCUT2D eigenvalue weighted by Gasteiger charge is 2.29. The van der Waals surface area contributed by atoms with Crippen molar-refractivity contribution in [2.75, 3.05) is 6.54 Å². The predicted molar refractivity (Wildman–Crippen MR) is 79.2 cm³/mol. The maximum Gasteiger partial charge on any atom is 0.151 e. The van der Waals surface area contributed by atoms with Gasteiger partial charge in [0.15, 0.2) is 5.76 Å². The average molecular weight is 277 g/mol. The molecule has 0 spiro atoms. The second kappa shape index (κ2) is 5.86. The van der Waals surface area contributed by atoms with Crippen LogP contribution in [0.15, 0.2) is 10.6 Å². The molecule has 1 saturated carbocycles. The number of likely N-dealkylation sites (tertiary alicyclic amines) is 1. The zero-order valence-electron chi connectivity index (χ0n) is 12.9. The molecule has 4 heteroatoms. The fraction of sp³-hybridized carbons (Fsp3) is 0.812. The minimum atomic E-state index is 0.629. The standard InChI is InChI=1S/C16H27N3O/c1-11-6-12(2)13(3)19(9-11)10-16-7-15(18-20-16)8-17-14-4-5-14/h7,11-14,17H,4-6,8-10H2,1-3H3. The average Bonchev–Trinajstić information content (AvgIpc) is 3.13. The molecule has 3 unspecified atom stereocenters. The number of piperidine rings is 1. The van der Waals surface area contributed by atoms with E-state index in [0.29, 0.717) is 6.04 Å². The van der Waals surface area contributed by atoms with Gasteiger partial charge >= 0.3 is 0 Å². The Morgan fingerprint density at radius 3 is 2.90 bits per heavy atom. The summed E-state index contributed by atoms with van der Waals surface area (Å²) in [4.78, 5) is 2.54. The minimum absolute atomic E-state index is 0.629. The van der Waals surface area contributed by atoms with E-state index in [1.54, 1.807) is 0 Å². The summed E-state index contributed by atoms with van der Waals surface area (Å²) in [5.74, 6) is 2.54. The van der Waals surface area contributed by atoms with Crippen molar-refractivity contribution in [1.29, 1.82) is 0 Å². The van der Waals surface area contributed by atoms with E-state index in [4.69, 9.17) is 4.52 Å². The fourth-order valence-corrected chi connectivity index (χ4v) is 3.29. The van der Waals surface area contributed by atoms with Crippen LogP contribution >= 0.6 is 0 Å². The summed E-state index contributed by atoms with van der Waals surface area (Å²) in [6.45, 7) is 9.95. The summed E-state index contributed by atoms with van der Waals surface area (Å²) < 4.78 is 5.51. The summed E-state index contributed by atoms with van der Waals surface area (Å²) in [6.07, 6.45) is 3.96. The third kappa shape index (κ3) is 3.41. The Bertz CT molecular complexity index is 441. The zero-order valence-corrected chi connectivity index (χ0v) is 12.9. The Morgan fingerprint density at radius 2 is 2.15 bits per heavy atom. The number of nitrogens with one attached hydrogen (secondary N) is 1. The SMILES string of the molecule is CC1CC(C)C(C)N(Cc2cc(CNC3CC3)no2)C1. The van der Waals surface area contributed by atoms with Crippen LogP contribution in [0.5, 0.6) is 0 Å². The molecule has 1 aliphatic carbocycles. The normalized spacial score (nSPS) is 31.6. The lowest BCUT2D eigenvalue weighted by Gasteiger charge is -2.40. The highest BCUT2D eigenvalue weighted by atomic mass is 16.5. The van der Waals surface area contributed by atoms with E-state index in [1.807, 2.05) is 0 Å². The quantitative estimate of drug-likeness (QED) is 0.898. The Labute approximate surface area is 121 Å². The van der Waals surface area contributed by atoms with E-state index in [1.165, 1.54) is 25.8 Å². The molecule has 4 nitrogen and oxygen atoms in total. The third-order valence-corrected chi connectivity index (χ3v) is 4.84. The predicted octanol–water partition coefficient (Wildman–Crippen LogP) is 2.79. The highest BCUT2D eigenvalue weighted by molar-refractivity contribution is 5.06. The van der Waals surface area contributed by atoms with Crippen LogP contribution in [-0.4, -0.2) is 28.7 Å². The molecule has 1 aromatic heterocycles. The Balaban J connectivity index is 1.55. The van der Waals surface area contributed by atoms with Crippen LogP contribution in [0, 0.1) is 11.8 Å². The maximum atomic E-state index is 5.51. The van der Waals surface area contributed by atoms with Gasteiger partial charge < -0.3 is 9.84 Å². The smallest absolute Gasteiger partial charge is 0.151 e. The summed E-state index contributed by atoms with van der Waals surface area (Å²) in [5.41, 5.74) is 1.04. The molecule has 2 aliphatic rings. The van der Waals surface area contributed by atoms with Gasteiger partial charge in [0.1, 0.15) is 0 Å². The molecule has 20 heavy (non-hydrogen) atoms. The summed E-state index contributed by atoms with van der Waals surface area (Å²) in [5, 5.41) is 7.66. The highest BCUT2D eigenvalue weighted by Crippen LogP contribution is 2.28. The molecule has 1 N–H and O–H groups in total. The van der Waals surface area contributed by atoms with Crippen molar-refractivity contribution in [2.24, 2.45) is 11.8 Å². The molecule has 0 bridgehead atoms. The zero-order chi connectivity index (χ0) is 14.1. The molecule has 1 aromatic rings. The van der Waals surface area contributed by atoms with Crippen molar-refractivity contribution in [3.8, 4) is 0 Å². The lowest BCUT2D eigenvalue weighted by molar-refractivity contribution is 0.0649. The minimum Gasteiger partial charge on any atom is -0.360 e. The second-order valence-corrected chi connectivity index (χ2v) is 6.93. The van der Waals surface area contributed by atoms with Gasteiger partial charge in [-0.1, -0.05) is 19.0 Å². The first kappa shape index (κ1) is 14.1. The first-order chi connectivity index (χ1) is 9.61. The molecule has 0 aromatic carbocycles. The Morgan fingerprint density at radius 1 is 1.35 bits per heavy atom. The lowest BCUT2D eigenvalue weighted by Crippen LogP contribution is -2.45. The molecule has 2 heterocycles. The third-order valence-electron chi connectivity index (χ3n) is 4.84. The van der Waals surface area contributed by atoms with Crippen molar-refractivity contribution >= 4 is 0 Å². The van der Waals surface area contributed by atoms with Crippen LogP contribution < -0.4 is 5.32 Å². The molecule has 1 aliphatic heterocycles. The fourth-order valence-electron chi connectivity index (χ4n) is 3.29. The molecule has 0 radical (unpaired) electrons. The molecular formula is C16H27N3O. The molecule has 0 amide bonds. The molecule has 2 fully saturated rings. The van der Waals surface area contributed by atoms with Gasteiger partial charge in [0.2, 0.25) is 0 Å². The van der Waals surface area contributed by atoms with Gasteiger partial charge in [0.25, 0.3) is 0 Å². The van der Waals surface area contributed by atoms with Crippen LogP contribution in [0.4, 0.5) is 0 Å². The van der Waals surface area contributed by atoms with Crippen molar-refractivity contribution in [3.63, 3.8) is 0 Å². The molecule has 1 saturated heterocycles. The van der Waals surface area contributed by atoms with E-state index in [0.717, 1.165) is 42.4 Å². The number of hydrogen-bond donors (Lipinski definition) is 1. The van der Waals surface area contributed by atoms with Gasteiger partial charge in [-0.15, -0.1) is 0 Å². The molecular weight excluding hydrogens is 250 g/mol. The number of hydrogen-bond acceptors (Lipinski definition) is 4. The molecule has 3 rings (SSSR count). The van der Waals surface area contributed by atoms with Gasteiger partial charge in [-0.2, -0.15) is 0 Å². The van der Waals surface area contributed by atoms with E-state index < -0.39 is 0 Å². The van der Waals surface area contributed by atoms with Gasteiger partial charge in [-0.3, -0.25) is 4.90 Å². The van der Waals surface area contributed by atoms with Gasteiger partial charge in [-0.05, 0) is 38.0 Å². The van der Waals surface area contributed by atoms with Gasteiger partial charge in [-0.25, -0.2) is 0 Å². The van der Waals surface area contributed by atoms with Crippen molar-refractivity contribution < 1.29 is 4.52 Å². The summed E-state index contributed by atoms with van der Waals surface area (Å²) in [7, 11) is 0. The van der Waals surface area contributed by atoms with Crippen LogP contribution in [0.1, 0.15) is 51.5 Å². The summed E-state index contributed by atoms with van der Waals surface area (Å²) in [6, 6.07) is 3.47. The van der Waals surface area contributed by atoms with Crippen LogP contribution in [0.2, 0.25) is 0 Å². The molecule has 112 valence electrons. The topological polar surface area (TPSA) is 41.3 Å². The van der Waals surface area contributed by atoms with Crippen molar-refractivity contribution in [2.45, 2.75) is 65.2 Å². The number of aromatic nitrogens is 1. The van der Waals surface area contributed by atoms with E-state index in [9.17, 15) is 0 Å². The van der Waals surface area contributed by atoms with E-state index in [2.05, 4.69) is 42.2 Å². The monoisotopic (exact) mass is 277 g/mol. The summed E-state index contributed by atoms with van der Waals surface area (Å²) >= 11 is 0. The van der Waals surface area contributed by atoms with Gasteiger partial charge in [0, 0.05) is 31.2 Å². The van der Waals surface area contributed by atoms with Crippen molar-refractivity contribution in [3.05, 3.63) is 17.5 Å². The van der Waals surface area contributed by atoms with Crippen LogP contribution in [-0.2, 0) is 13.1 Å². The maximum absolute atomic E-state index is 5.51. The van der Waals surface area contributed by atoms with Crippen molar-refractivity contribution in [1.82, 2.24) is 15.4 Å². The number of rotatable bonds is 5. The molecule has 3 atom stereocenters. The van der Waals surface area contributed by atoms with Crippen LogP contribution in [0.25, 0.3) is 0 Å². The Kier molecular flexibility index (Phi) is 4.13. The first-order valence-corrected chi connectivity index (χ1v) is 8.03.